The average molecular weight is 229 g/mol. The monoisotopic (exact) mass is 229 g/mol. The molecule has 0 saturated carbocycles. The van der Waals surface area contributed by atoms with Gasteiger partial charge in [-0.05, 0) is 36.4 Å². The van der Waals surface area contributed by atoms with Gasteiger partial charge in [0.1, 0.15) is 5.82 Å². The van der Waals surface area contributed by atoms with Crippen LogP contribution in [0.2, 0.25) is 0 Å². The van der Waals surface area contributed by atoms with Crippen LogP contribution in [0.3, 0.4) is 0 Å². The Kier molecular flexibility index (Phi) is 3.19. The number of benzene rings is 2. The molecule has 0 saturated heterocycles. The topological polar surface area (TPSA) is 20.3 Å². The van der Waals surface area contributed by atoms with Crippen molar-refractivity contribution >= 4 is 11.6 Å². The van der Waals surface area contributed by atoms with Crippen LogP contribution in [0.4, 0.5) is 10.1 Å². The van der Waals surface area contributed by atoms with Gasteiger partial charge in [0.2, 0.25) is 0 Å². The lowest BCUT2D eigenvalue weighted by atomic mass is 10.2. The first-order chi connectivity index (χ1) is 8.18. The summed E-state index contributed by atoms with van der Waals surface area (Å²) in [7, 11) is 1.67. The number of halogens is 1. The smallest absolute Gasteiger partial charge is 0.258 e. The predicted octanol–water partition coefficient (Wildman–Crippen LogP) is 3.10. The summed E-state index contributed by atoms with van der Waals surface area (Å²) in [6, 6.07) is 14.8. The molecule has 0 aliphatic carbocycles. The molecule has 2 aromatic carbocycles. The quantitative estimate of drug-likeness (QED) is 0.774. The molecule has 1 amide bonds. The molecular weight excluding hydrogens is 217 g/mol. The van der Waals surface area contributed by atoms with Crippen LogP contribution in [0, 0.1) is 5.82 Å². The Hall–Kier alpha value is -2.16. The van der Waals surface area contributed by atoms with E-state index >= 15 is 0 Å². The molecule has 0 aliphatic rings. The molecule has 3 heteroatoms. The second-order valence-electron chi connectivity index (χ2n) is 3.71. The lowest BCUT2D eigenvalue weighted by Gasteiger charge is -2.17. The minimum Gasteiger partial charge on any atom is -0.311 e. The maximum atomic E-state index is 12.8. The Morgan fingerprint density at radius 3 is 2.18 bits per heavy atom. The molecule has 0 aliphatic heterocycles. The normalized spacial score (nSPS) is 10.0. The Labute approximate surface area is 99.3 Å². The van der Waals surface area contributed by atoms with Crippen LogP contribution in [0.1, 0.15) is 10.4 Å². The number of hydrogen-bond donors (Lipinski definition) is 0. The van der Waals surface area contributed by atoms with Gasteiger partial charge < -0.3 is 4.90 Å². The average Bonchev–Trinajstić information content (AvgIpc) is 2.39. The fourth-order valence-corrected chi connectivity index (χ4v) is 1.56. The van der Waals surface area contributed by atoms with Crippen molar-refractivity contribution in [3.63, 3.8) is 0 Å². The molecule has 0 bridgehead atoms. The van der Waals surface area contributed by atoms with Crippen molar-refractivity contribution in [2.24, 2.45) is 0 Å². The Morgan fingerprint density at radius 1 is 1.00 bits per heavy atom. The molecule has 0 N–H and O–H groups in total. The van der Waals surface area contributed by atoms with Gasteiger partial charge in [-0.15, -0.1) is 0 Å². The highest BCUT2D eigenvalue weighted by Crippen LogP contribution is 2.15. The first-order valence-corrected chi connectivity index (χ1v) is 5.27. The fourth-order valence-electron chi connectivity index (χ4n) is 1.56. The van der Waals surface area contributed by atoms with Gasteiger partial charge in [0, 0.05) is 18.3 Å². The number of hydrogen-bond acceptors (Lipinski definition) is 1. The first-order valence-electron chi connectivity index (χ1n) is 5.27. The highest BCUT2D eigenvalue weighted by Gasteiger charge is 2.12. The third-order valence-electron chi connectivity index (χ3n) is 2.54. The molecule has 0 atom stereocenters. The number of nitrogens with zero attached hydrogens (tertiary/aromatic N) is 1. The van der Waals surface area contributed by atoms with Crippen molar-refractivity contribution < 1.29 is 9.18 Å². The van der Waals surface area contributed by atoms with Crippen molar-refractivity contribution in [3.8, 4) is 0 Å². The predicted molar refractivity (Wildman–Crippen MR) is 65.6 cm³/mol. The summed E-state index contributed by atoms with van der Waals surface area (Å²) in [4.78, 5) is 13.6. The Balaban J connectivity index is 2.23. The van der Waals surface area contributed by atoms with Gasteiger partial charge in [0.15, 0.2) is 0 Å². The lowest BCUT2D eigenvalue weighted by Crippen LogP contribution is -2.26. The van der Waals surface area contributed by atoms with Crippen molar-refractivity contribution in [1.29, 1.82) is 0 Å². The zero-order valence-corrected chi connectivity index (χ0v) is 9.43. The summed E-state index contributed by atoms with van der Waals surface area (Å²) in [6.07, 6.45) is 0. The third kappa shape index (κ3) is 2.50. The molecule has 0 spiro atoms. The van der Waals surface area contributed by atoms with Crippen molar-refractivity contribution in [1.82, 2.24) is 0 Å². The zero-order valence-electron chi connectivity index (χ0n) is 9.43. The van der Waals surface area contributed by atoms with Gasteiger partial charge >= 0.3 is 0 Å². The van der Waals surface area contributed by atoms with Crippen LogP contribution in [-0.4, -0.2) is 13.0 Å². The van der Waals surface area contributed by atoms with Gasteiger partial charge in [0.25, 0.3) is 5.91 Å². The van der Waals surface area contributed by atoms with E-state index in [0.29, 0.717) is 11.3 Å². The van der Waals surface area contributed by atoms with Gasteiger partial charge in [-0.25, -0.2) is 4.39 Å². The van der Waals surface area contributed by atoms with Crippen molar-refractivity contribution in [3.05, 3.63) is 66.0 Å². The summed E-state index contributed by atoms with van der Waals surface area (Å²) < 4.78 is 12.8. The number of anilines is 1. The lowest BCUT2D eigenvalue weighted by molar-refractivity contribution is 0.0993. The molecule has 0 radical (unpaired) electrons. The highest BCUT2D eigenvalue weighted by molar-refractivity contribution is 6.05. The van der Waals surface area contributed by atoms with Crippen LogP contribution in [0.25, 0.3) is 0 Å². The molecule has 0 heterocycles. The summed E-state index contributed by atoms with van der Waals surface area (Å²) >= 11 is 0. The Bertz CT molecular complexity index is 508. The summed E-state index contributed by atoms with van der Waals surface area (Å²) in [5, 5.41) is 0. The molecule has 86 valence electrons. The van der Waals surface area contributed by atoms with E-state index in [1.807, 2.05) is 18.2 Å². The zero-order chi connectivity index (χ0) is 12.3. The van der Waals surface area contributed by atoms with E-state index in [-0.39, 0.29) is 11.7 Å². The molecule has 2 nitrogen and oxygen atoms in total. The summed E-state index contributed by atoms with van der Waals surface area (Å²) in [5.74, 6) is -0.425. The third-order valence-corrected chi connectivity index (χ3v) is 2.54. The Morgan fingerprint density at radius 2 is 1.59 bits per heavy atom. The van der Waals surface area contributed by atoms with Crippen LogP contribution >= 0.6 is 0 Å². The van der Waals surface area contributed by atoms with Gasteiger partial charge in [-0.3, -0.25) is 4.79 Å². The number of carbonyl (C=O) groups is 1. The SMILES string of the molecule is CN(C(=O)c1ccccc1)c1ccc(F)cc1. The van der Waals surface area contributed by atoms with Crippen molar-refractivity contribution in [2.45, 2.75) is 0 Å². The first kappa shape index (κ1) is 11.3. The second-order valence-corrected chi connectivity index (χ2v) is 3.71. The molecule has 2 aromatic rings. The number of rotatable bonds is 2. The van der Waals surface area contributed by atoms with E-state index in [0.717, 1.165) is 0 Å². The van der Waals surface area contributed by atoms with Crippen LogP contribution in [0.15, 0.2) is 54.6 Å². The van der Waals surface area contributed by atoms with Crippen LogP contribution in [-0.2, 0) is 0 Å². The minimum atomic E-state index is -0.311. The molecule has 17 heavy (non-hydrogen) atoms. The van der Waals surface area contributed by atoms with E-state index < -0.39 is 0 Å². The maximum Gasteiger partial charge on any atom is 0.258 e. The standard InChI is InChI=1S/C14H12FNO/c1-16(13-9-7-12(15)8-10-13)14(17)11-5-3-2-4-6-11/h2-10H,1H3. The van der Waals surface area contributed by atoms with Gasteiger partial charge in [0.05, 0.1) is 0 Å². The summed E-state index contributed by atoms with van der Waals surface area (Å²) in [6.45, 7) is 0. The fraction of sp³-hybridized carbons (Fsp3) is 0.0714. The van der Waals surface area contributed by atoms with E-state index in [2.05, 4.69) is 0 Å². The molecule has 2 rings (SSSR count). The maximum absolute atomic E-state index is 12.8. The van der Waals surface area contributed by atoms with E-state index in [4.69, 9.17) is 0 Å². The van der Waals surface area contributed by atoms with E-state index in [1.165, 1.54) is 17.0 Å². The number of carbonyl (C=O) groups excluding carboxylic acids is 1. The van der Waals surface area contributed by atoms with Crippen molar-refractivity contribution in [2.75, 3.05) is 11.9 Å². The van der Waals surface area contributed by atoms with Gasteiger partial charge in [-0.2, -0.15) is 0 Å². The summed E-state index contributed by atoms with van der Waals surface area (Å²) in [5.41, 5.74) is 1.28. The second kappa shape index (κ2) is 4.78. The molecule has 0 unspecified atom stereocenters. The minimum absolute atomic E-state index is 0.114. The van der Waals surface area contributed by atoms with E-state index in [9.17, 15) is 9.18 Å². The largest absolute Gasteiger partial charge is 0.311 e. The molecule has 0 aromatic heterocycles. The molecular formula is C14H12FNO. The van der Waals surface area contributed by atoms with Crippen LogP contribution < -0.4 is 4.90 Å². The highest BCUT2D eigenvalue weighted by atomic mass is 19.1. The van der Waals surface area contributed by atoms with Crippen LogP contribution in [0.5, 0.6) is 0 Å². The van der Waals surface area contributed by atoms with Gasteiger partial charge in [-0.1, -0.05) is 18.2 Å². The number of amides is 1. The molecule has 0 fully saturated rings. The van der Waals surface area contributed by atoms with E-state index in [1.54, 1.807) is 31.3 Å².